The van der Waals surface area contributed by atoms with Crippen LogP contribution in [0.2, 0.25) is 0 Å². The molecule has 1 aromatic carbocycles. The zero-order valence-corrected chi connectivity index (χ0v) is 14.2. The third kappa shape index (κ3) is 2.49. The van der Waals surface area contributed by atoms with Crippen molar-refractivity contribution in [3.63, 3.8) is 0 Å². The molecular formula is C19H20N6. The molecule has 2 unspecified atom stereocenters. The van der Waals surface area contributed by atoms with Gasteiger partial charge in [0.2, 0.25) is 0 Å². The molecule has 126 valence electrons. The van der Waals surface area contributed by atoms with Crippen LogP contribution < -0.4 is 9.80 Å². The van der Waals surface area contributed by atoms with Crippen LogP contribution in [-0.4, -0.2) is 46.1 Å². The smallest absolute Gasteiger partial charge is 0.139 e. The quantitative estimate of drug-likeness (QED) is 0.718. The van der Waals surface area contributed by atoms with Crippen molar-refractivity contribution in [1.82, 2.24) is 19.9 Å². The van der Waals surface area contributed by atoms with E-state index in [1.54, 1.807) is 12.7 Å². The number of aryl methyl sites for hydroxylation is 1. The molecule has 4 heterocycles. The first-order valence-corrected chi connectivity index (χ1v) is 8.76. The molecule has 2 aliphatic heterocycles. The standard InChI is InChI=1S/C19H20N6/c1-13-6-18(22-11-20-13)24-7-14-9-25(10-15(14)8-24)19-16-4-2-3-5-17(16)21-12-23-19/h2-6,11-12,14-15H,7-10H2,1H3. The van der Waals surface area contributed by atoms with Gasteiger partial charge in [-0.3, -0.25) is 0 Å². The number of hydrogen-bond acceptors (Lipinski definition) is 6. The second kappa shape index (κ2) is 5.65. The molecule has 2 aliphatic rings. The average molecular weight is 332 g/mol. The zero-order chi connectivity index (χ0) is 16.8. The van der Waals surface area contributed by atoms with Gasteiger partial charge in [-0.05, 0) is 19.1 Å². The lowest BCUT2D eigenvalue weighted by Gasteiger charge is -2.23. The van der Waals surface area contributed by atoms with Gasteiger partial charge in [0.1, 0.15) is 24.3 Å². The predicted octanol–water partition coefficient (Wildman–Crippen LogP) is 2.30. The number of anilines is 2. The van der Waals surface area contributed by atoms with Crippen molar-refractivity contribution in [3.8, 4) is 0 Å². The lowest BCUT2D eigenvalue weighted by molar-refractivity contribution is 0.533. The van der Waals surface area contributed by atoms with Crippen LogP contribution in [0.25, 0.3) is 10.9 Å². The third-order valence-electron chi connectivity index (χ3n) is 5.42. The predicted molar refractivity (Wildman–Crippen MR) is 97.7 cm³/mol. The number of hydrogen-bond donors (Lipinski definition) is 0. The van der Waals surface area contributed by atoms with E-state index in [9.17, 15) is 0 Å². The Bertz CT molecular complexity index is 907. The van der Waals surface area contributed by atoms with Gasteiger partial charge in [0.15, 0.2) is 0 Å². The molecule has 6 nitrogen and oxygen atoms in total. The summed E-state index contributed by atoms with van der Waals surface area (Å²) in [6.45, 7) is 6.23. The minimum absolute atomic E-state index is 0.656. The van der Waals surface area contributed by atoms with Crippen molar-refractivity contribution in [3.05, 3.63) is 48.7 Å². The molecule has 25 heavy (non-hydrogen) atoms. The molecule has 6 heteroatoms. The normalized spacial score (nSPS) is 22.6. The van der Waals surface area contributed by atoms with E-state index in [1.165, 1.54) is 0 Å². The second-order valence-electron chi connectivity index (χ2n) is 7.06. The highest BCUT2D eigenvalue weighted by Gasteiger charge is 2.41. The summed E-state index contributed by atoms with van der Waals surface area (Å²) in [6, 6.07) is 10.3. The van der Waals surface area contributed by atoms with E-state index < -0.39 is 0 Å². The molecular weight excluding hydrogens is 312 g/mol. The molecule has 3 aromatic rings. The van der Waals surface area contributed by atoms with Gasteiger partial charge >= 0.3 is 0 Å². The Balaban J connectivity index is 1.37. The number of nitrogens with zero attached hydrogens (tertiary/aromatic N) is 6. The summed E-state index contributed by atoms with van der Waals surface area (Å²) in [6.07, 6.45) is 3.35. The maximum absolute atomic E-state index is 4.59. The van der Waals surface area contributed by atoms with Crippen LogP contribution in [0.3, 0.4) is 0 Å². The van der Waals surface area contributed by atoms with Crippen LogP contribution in [0.15, 0.2) is 43.0 Å². The Morgan fingerprint density at radius 3 is 2.36 bits per heavy atom. The Morgan fingerprint density at radius 2 is 1.56 bits per heavy atom. The first-order valence-electron chi connectivity index (χ1n) is 8.76. The van der Waals surface area contributed by atoms with Crippen LogP contribution in [0.1, 0.15) is 5.69 Å². The van der Waals surface area contributed by atoms with Gasteiger partial charge in [0.05, 0.1) is 5.52 Å². The second-order valence-corrected chi connectivity index (χ2v) is 7.06. The highest BCUT2D eigenvalue weighted by molar-refractivity contribution is 5.89. The van der Waals surface area contributed by atoms with Crippen LogP contribution in [0.4, 0.5) is 11.6 Å². The molecule has 0 radical (unpaired) electrons. The van der Waals surface area contributed by atoms with Gasteiger partial charge in [-0.2, -0.15) is 0 Å². The fraction of sp³-hybridized carbons (Fsp3) is 0.368. The Kier molecular flexibility index (Phi) is 3.29. The molecule has 0 aliphatic carbocycles. The summed E-state index contributed by atoms with van der Waals surface area (Å²) in [5.74, 6) is 3.44. The van der Waals surface area contributed by atoms with Crippen molar-refractivity contribution in [1.29, 1.82) is 0 Å². The maximum Gasteiger partial charge on any atom is 0.139 e. The lowest BCUT2D eigenvalue weighted by Crippen LogP contribution is -2.29. The van der Waals surface area contributed by atoms with E-state index in [0.29, 0.717) is 11.8 Å². The van der Waals surface area contributed by atoms with Crippen LogP contribution >= 0.6 is 0 Å². The first kappa shape index (κ1) is 14.6. The summed E-state index contributed by atoms with van der Waals surface area (Å²) < 4.78 is 0. The average Bonchev–Trinajstić information content (AvgIpc) is 3.20. The van der Waals surface area contributed by atoms with Crippen molar-refractivity contribution < 1.29 is 0 Å². The van der Waals surface area contributed by atoms with Crippen molar-refractivity contribution >= 4 is 22.5 Å². The molecule has 0 amide bonds. The van der Waals surface area contributed by atoms with Gasteiger partial charge < -0.3 is 9.80 Å². The minimum atomic E-state index is 0.656. The molecule has 0 N–H and O–H groups in total. The summed E-state index contributed by atoms with van der Waals surface area (Å²) in [5, 5.41) is 1.15. The van der Waals surface area contributed by atoms with Crippen LogP contribution in [-0.2, 0) is 0 Å². The fourth-order valence-electron chi connectivity index (χ4n) is 4.21. The van der Waals surface area contributed by atoms with E-state index in [2.05, 4.69) is 54.0 Å². The Hall–Kier alpha value is -2.76. The topological polar surface area (TPSA) is 58.0 Å². The monoisotopic (exact) mass is 332 g/mol. The third-order valence-corrected chi connectivity index (χ3v) is 5.42. The molecule has 0 saturated carbocycles. The van der Waals surface area contributed by atoms with E-state index in [0.717, 1.165) is 54.4 Å². The van der Waals surface area contributed by atoms with Gasteiger partial charge in [-0.1, -0.05) is 12.1 Å². The van der Waals surface area contributed by atoms with Gasteiger partial charge in [0, 0.05) is 55.2 Å². The zero-order valence-electron chi connectivity index (χ0n) is 14.2. The number of rotatable bonds is 2. The lowest BCUT2D eigenvalue weighted by atomic mass is 10.0. The van der Waals surface area contributed by atoms with E-state index in [-0.39, 0.29) is 0 Å². The van der Waals surface area contributed by atoms with E-state index in [4.69, 9.17) is 0 Å². The minimum Gasteiger partial charge on any atom is -0.356 e. The summed E-state index contributed by atoms with van der Waals surface area (Å²) in [4.78, 5) is 22.5. The van der Waals surface area contributed by atoms with Crippen LogP contribution in [0, 0.1) is 18.8 Å². The molecule has 2 fully saturated rings. The number of para-hydroxylation sites is 1. The maximum atomic E-state index is 4.59. The van der Waals surface area contributed by atoms with Gasteiger partial charge in [-0.25, -0.2) is 19.9 Å². The fourth-order valence-corrected chi connectivity index (χ4v) is 4.21. The molecule has 2 aromatic heterocycles. The molecule has 0 spiro atoms. The highest BCUT2D eigenvalue weighted by Crippen LogP contribution is 2.36. The molecule has 0 bridgehead atoms. The Labute approximate surface area is 146 Å². The van der Waals surface area contributed by atoms with Gasteiger partial charge in [-0.15, -0.1) is 0 Å². The van der Waals surface area contributed by atoms with Crippen molar-refractivity contribution in [2.75, 3.05) is 36.0 Å². The van der Waals surface area contributed by atoms with E-state index >= 15 is 0 Å². The summed E-state index contributed by atoms with van der Waals surface area (Å²) in [5.41, 5.74) is 2.04. The van der Waals surface area contributed by atoms with E-state index in [1.807, 2.05) is 13.0 Å². The van der Waals surface area contributed by atoms with Crippen molar-refractivity contribution in [2.24, 2.45) is 11.8 Å². The largest absolute Gasteiger partial charge is 0.356 e. The van der Waals surface area contributed by atoms with Crippen molar-refractivity contribution in [2.45, 2.75) is 6.92 Å². The molecule has 5 rings (SSSR count). The van der Waals surface area contributed by atoms with Crippen LogP contribution in [0.5, 0.6) is 0 Å². The molecule has 2 atom stereocenters. The number of benzene rings is 1. The number of fused-ring (bicyclic) bond motifs is 2. The summed E-state index contributed by atoms with van der Waals surface area (Å²) in [7, 11) is 0. The SMILES string of the molecule is Cc1cc(N2CC3CN(c4ncnc5ccccc45)CC3C2)ncn1. The van der Waals surface area contributed by atoms with Gasteiger partial charge in [0.25, 0.3) is 0 Å². The first-order chi connectivity index (χ1) is 12.3. The molecule has 2 saturated heterocycles. The summed E-state index contributed by atoms with van der Waals surface area (Å²) >= 11 is 0. The number of aromatic nitrogens is 4. The highest BCUT2D eigenvalue weighted by atomic mass is 15.3. The Morgan fingerprint density at radius 1 is 0.840 bits per heavy atom.